The summed E-state index contributed by atoms with van der Waals surface area (Å²) in [6.07, 6.45) is 0.909. The van der Waals surface area contributed by atoms with Crippen molar-refractivity contribution in [1.82, 2.24) is 10.2 Å². The van der Waals surface area contributed by atoms with Crippen LogP contribution in [0.15, 0.2) is 0 Å². The van der Waals surface area contributed by atoms with Crippen molar-refractivity contribution < 1.29 is 14.6 Å². The van der Waals surface area contributed by atoms with Gasteiger partial charge in [0, 0.05) is 26.2 Å². The van der Waals surface area contributed by atoms with Crippen molar-refractivity contribution in [3.8, 4) is 0 Å². The van der Waals surface area contributed by atoms with E-state index in [4.69, 9.17) is 4.74 Å². The molecular weight excluding hydrogens is 196 g/mol. The standard InChI is InChI=1S/C10H20N2O3/c1-8-3-4-12(5-6-15-2)9(7-13)10(14)11-8/h8-9,13H,3-7H2,1-2H3,(H,11,14). The molecule has 15 heavy (non-hydrogen) atoms. The molecule has 0 aliphatic carbocycles. The van der Waals surface area contributed by atoms with Crippen molar-refractivity contribution in [2.24, 2.45) is 0 Å². The first-order chi connectivity index (χ1) is 7.19. The molecule has 1 aliphatic rings. The highest BCUT2D eigenvalue weighted by Gasteiger charge is 2.29. The van der Waals surface area contributed by atoms with Gasteiger partial charge in [0.25, 0.3) is 0 Å². The van der Waals surface area contributed by atoms with Gasteiger partial charge in [0.1, 0.15) is 6.04 Å². The van der Waals surface area contributed by atoms with Crippen LogP contribution in [0.5, 0.6) is 0 Å². The van der Waals surface area contributed by atoms with Gasteiger partial charge in [0.2, 0.25) is 5.91 Å². The molecule has 1 fully saturated rings. The highest BCUT2D eigenvalue weighted by Crippen LogP contribution is 2.08. The molecule has 1 rings (SSSR count). The van der Waals surface area contributed by atoms with Gasteiger partial charge < -0.3 is 15.2 Å². The molecule has 0 saturated carbocycles. The Morgan fingerprint density at radius 1 is 1.67 bits per heavy atom. The molecular formula is C10H20N2O3. The molecule has 0 aromatic carbocycles. The Hall–Kier alpha value is -0.650. The number of aliphatic hydroxyl groups is 1. The van der Waals surface area contributed by atoms with Gasteiger partial charge in [-0.2, -0.15) is 0 Å². The zero-order valence-electron chi connectivity index (χ0n) is 9.40. The number of hydrogen-bond acceptors (Lipinski definition) is 4. The van der Waals surface area contributed by atoms with Gasteiger partial charge in [0.05, 0.1) is 13.2 Å². The van der Waals surface area contributed by atoms with Crippen molar-refractivity contribution in [3.05, 3.63) is 0 Å². The summed E-state index contributed by atoms with van der Waals surface area (Å²) in [4.78, 5) is 13.7. The molecule has 0 bridgehead atoms. The van der Waals surface area contributed by atoms with E-state index in [1.807, 2.05) is 11.8 Å². The largest absolute Gasteiger partial charge is 0.394 e. The fourth-order valence-corrected chi connectivity index (χ4v) is 1.77. The van der Waals surface area contributed by atoms with Gasteiger partial charge >= 0.3 is 0 Å². The molecule has 1 aliphatic heterocycles. The van der Waals surface area contributed by atoms with E-state index in [1.54, 1.807) is 7.11 Å². The van der Waals surface area contributed by atoms with Crippen LogP contribution in [0.4, 0.5) is 0 Å². The van der Waals surface area contributed by atoms with Gasteiger partial charge in [-0.15, -0.1) is 0 Å². The van der Waals surface area contributed by atoms with Crippen molar-refractivity contribution >= 4 is 5.91 Å². The first-order valence-corrected chi connectivity index (χ1v) is 5.33. The normalized spacial score (nSPS) is 28.6. The minimum absolute atomic E-state index is 0.0846. The molecule has 0 spiro atoms. The van der Waals surface area contributed by atoms with Crippen LogP contribution in [-0.4, -0.2) is 61.4 Å². The molecule has 88 valence electrons. The number of amides is 1. The summed E-state index contributed by atoms with van der Waals surface area (Å²) in [5, 5.41) is 12.1. The van der Waals surface area contributed by atoms with Crippen LogP contribution in [0.3, 0.4) is 0 Å². The highest BCUT2D eigenvalue weighted by molar-refractivity contribution is 5.82. The Kier molecular flexibility index (Phi) is 5.01. The summed E-state index contributed by atoms with van der Waals surface area (Å²) in [5.74, 6) is -0.0846. The monoisotopic (exact) mass is 216 g/mol. The predicted molar refractivity (Wildman–Crippen MR) is 56.5 cm³/mol. The van der Waals surface area contributed by atoms with Crippen molar-refractivity contribution in [1.29, 1.82) is 0 Å². The van der Waals surface area contributed by atoms with Crippen LogP contribution in [0.25, 0.3) is 0 Å². The van der Waals surface area contributed by atoms with E-state index >= 15 is 0 Å². The van der Waals surface area contributed by atoms with Gasteiger partial charge in [0.15, 0.2) is 0 Å². The molecule has 0 radical (unpaired) electrons. The number of ether oxygens (including phenoxy) is 1. The molecule has 1 saturated heterocycles. The van der Waals surface area contributed by atoms with Crippen LogP contribution in [0.1, 0.15) is 13.3 Å². The average molecular weight is 216 g/mol. The lowest BCUT2D eigenvalue weighted by molar-refractivity contribution is -0.127. The molecule has 1 heterocycles. The molecule has 5 nitrogen and oxygen atoms in total. The number of carbonyl (C=O) groups excluding carboxylic acids is 1. The summed E-state index contributed by atoms with van der Waals surface area (Å²) >= 11 is 0. The Bertz CT molecular complexity index is 211. The number of nitrogens with zero attached hydrogens (tertiary/aromatic N) is 1. The zero-order valence-corrected chi connectivity index (χ0v) is 9.40. The van der Waals surface area contributed by atoms with Crippen LogP contribution in [-0.2, 0) is 9.53 Å². The third-order valence-electron chi connectivity index (χ3n) is 2.74. The number of hydrogen-bond donors (Lipinski definition) is 2. The Labute approximate surface area is 90.4 Å². The Balaban J connectivity index is 2.60. The molecule has 1 amide bonds. The third-order valence-corrected chi connectivity index (χ3v) is 2.74. The number of nitrogens with one attached hydrogen (secondary N) is 1. The zero-order chi connectivity index (χ0) is 11.3. The Morgan fingerprint density at radius 2 is 2.40 bits per heavy atom. The van der Waals surface area contributed by atoms with Crippen LogP contribution >= 0.6 is 0 Å². The fraction of sp³-hybridized carbons (Fsp3) is 0.900. The summed E-state index contributed by atoms with van der Waals surface area (Å²) in [7, 11) is 1.63. The number of carbonyl (C=O) groups is 1. The maximum Gasteiger partial charge on any atom is 0.239 e. The maximum absolute atomic E-state index is 11.7. The first-order valence-electron chi connectivity index (χ1n) is 5.33. The Morgan fingerprint density at radius 3 is 3.00 bits per heavy atom. The third kappa shape index (κ3) is 3.44. The predicted octanol–water partition coefficient (Wildman–Crippen LogP) is -0.796. The van der Waals surface area contributed by atoms with Crippen LogP contribution in [0, 0.1) is 0 Å². The lowest BCUT2D eigenvalue weighted by atomic mass is 10.2. The van der Waals surface area contributed by atoms with E-state index in [-0.39, 0.29) is 18.6 Å². The van der Waals surface area contributed by atoms with Crippen LogP contribution < -0.4 is 5.32 Å². The summed E-state index contributed by atoms with van der Waals surface area (Å²) in [6.45, 7) is 3.92. The second-order valence-corrected chi connectivity index (χ2v) is 3.93. The first kappa shape index (κ1) is 12.4. The van der Waals surface area contributed by atoms with E-state index < -0.39 is 6.04 Å². The lowest BCUT2D eigenvalue weighted by Gasteiger charge is -2.26. The number of methoxy groups -OCH3 is 1. The molecule has 0 aromatic rings. The van der Waals surface area contributed by atoms with Gasteiger partial charge in [-0.05, 0) is 13.3 Å². The van der Waals surface area contributed by atoms with E-state index in [0.29, 0.717) is 13.2 Å². The van der Waals surface area contributed by atoms with Crippen molar-refractivity contribution in [2.45, 2.75) is 25.4 Å². The molecule has 5 heteroatoms. The number of rotatable bonds is 4. The quantitative estimate of drug-likeness (QED) is 0.646. The van der Waals surface area contributed by atoms with Crippen molar-refractivity contribution in [2.75, 3.05) is 33.4 Å². The summed E-state index contributed by atoms with van der Waals surface area (Å²) in [5.41, 5.74) is 0. The topological polar surface area (TPSA) is 61.8 Å². The van der Waals surface area contributed by atoms with E-state index in [1.165, 1.54) is 0 Å². The van der Waals surface area contributed by atoms with Gasteiger partial charge in [-0.1, -0.05) is 0 Å². The van der Waals surface area contributed by atoms with Crippen molar-refractivity contribution in [3.63, 3.8) is 0 Å². The molecule has 2 N–H and O–H groups in total. The van der Waals surface area contributed by atoms with E-state index in [2.05, 4.69) is 5.32 Å². The average Bonchev–Trinajstić information content (AvgIpc) is 2.34. The number of aliphatic hydroxyl groups excluding tert-OH is 1. The minimum Gasteiger partial charge on any atom is -0.394 e. The smallest absolute Gasteiger partial charge is 0.239 e. The fourth-order valence-electron chi connectivity index (χ4n) is 1.77. The highest BCUT2D eigenvalue weighted by atomic mass is 16.5. The second-order valence-electron chi connectivity index (χ2n) is 3.93. The minimum atomic E-state index is -0.426. The molecule has 2 unspecified atom stereocenters. The van der Waals surface area contributed by atoms with Crippen LogP contribution in [0.2, 0.25) is 0 Å². The van der Waals surface area contributed by atoms with E-state index in [9.17, 15) is 9.90 Å². The van der Waals surface area contributed by atoms with E-state index in [0.717, 1.165) is 13.0 Å². The maximum atomic E-state index is 11.7. The summed E-state index contributed by atoms with van der Waals surface area (Å²) in [6, 6.07) is -0.246. The summed E-state index contributed by atoms with van der Waals surface area (Å²) < 4.78 is 4.99. The molecule has 0 aromatic heterocycles. The second kappa shape index (κ2) is 6.05. The molecule has 2 atom stereocenters. The van der Waals surface area contributed by atoms with Gasteiger partial charge in [-0.3, -0.25) is 9.69 Å². The SMILES string of the molecule is COCCN1CCC(C)NC(=O)C1CO. The lowest BCUT2D eigenvalue weighted by Crippen LogP contribution is -2.48. The van der Waals surface area contributed by atoms with Gasteiger partial charge in [-0.25, -0.2) is 0 Å².